The van der Waals surface area contributed by atoms with Crippen molar-refractivity contribution in [1.29, 1.82) is 0 Å². The molecule has 2 heteroatoms. The highest BCUT2D eigenvalue weighted by molar-refractivity contribution is 5.63. The van der Waals surface area contributed by atoms with Crippen molar-refractivity contribution in [2.24, 2.45) is 23.7 Å². The van der Waals surface area contributed by atoms with Crippen LogP contribution in [0.4, 0.5) is 8.78 Å². The molecule has 0 radical (unpaired) electrons. The van der Waals surface area contributed by atoms with E-state index < -0.39 is 11.6 Å². The Labute approximate surface area is 177 Å². The second-order valence-corrected chi connectivity index (χ2v) is 9.80. The van der Waals surface area contributed by atoms with Crippen molar-refractivity contribution in [3.63, 3.8) is 0 Å². The molecule has 2 aliphatic rings. The highest BCUT2D eigenvalue weighted by atomic mass is 19.2. The van der Waals surface area contributed by atoms with E-state index in [1.807, 2.05) is 6.92 Å². The SMILES string of the molecule is CCCCC1CCC(C2CCC(CCC=C(C)c3ccc(F)c(F)c3)CC2)CC1. The number of benzene rings is 1. The van der Waals surface area contributed by atoms with Crippen molar-refractivity contribution in [3.05, 3.63) is 41.5 Å². The van der Waals surface area contributed by atoms with E-state index in [4.69, 9.17) is 0 Å². The molecule has 0 nitrogen and oxygen atoms in total. The van der Waals surface area contributed by atoms with Gasteiger partial charge < -0.3 is 0 Å². The molecule has 1 aromatic carbocycles. The van der Waals surface area contributed by atoms with Gasteiger partial charge in [0.25, 0.3) is 0 Å². The predicted molar refractivity (Wildman–Crippen MR) is 120 cm³/mol. The van der Waals surface area contributed by atoms with Crippen LogP contribution in [0.3, 0.4) is 0 Å². The minimum atomic E-state index is -0.771. The minimum absolute atomic E-state index is 0.757. The van der Waals surface area contributed by atoms with Gasteiger partial charge in [0.1, 0.15) is 0 Å². The minimum Gasteiger partial charge on any atom is -0.204 e. The molecular weight excluding hydrogens is 362 g/mol. The maximum absolute atomic E-state index is 13.4. The summed E-state index contributed by atoms with van der Waals surface area (Å²) in [5.74, 6) is 2.33. The lowest BCUT2D eigenvalue weighted by molar-refractivity contribution is 0.141. The average Bonchev–Trinajstić information content (AvgIpc) is 2.75. The lowest BCUT2D eigenvalue weighted by Crippen LogP contribution is -2.25. The topological polar surface area (TPSA) is 0 Å². The summed E-state index contributed by atoms with van der Waals surface area (Å²) < 4.78 is 26.5. The van der Waals surface area contributed by atoms with Crippen LogP contribution >= 0.6 is 0 Å². The van der Waals surface area contributed by atoms with Gasteiger partial charge in [-0.2, -0.15) is 0 Å². The van der Waals surface area contributed by atoms with Crippen LogP contribution in [0.1, 0.15) is 103 Å². The third-order valence-electron chi connectivity index (χ3n) is 7.82. The van der Waals surface area contributed by atoms with Crippen molar-refractivity contribution >= 4 is 5.57 Å². The van der Waals surface area contributed by atoms with E-state index >= 15 is 0 Å². The normalized spacial score (nSPS) is 28.5. The van der Waals surface area contributed by atoms with Gasteiger partial charge in [-0.15, -0.1) is 0 Å². The Morgan fingerprint density at radius 3 is 2.00 bits per heavy atom. The van der Waals surface area contributed by atoms with Crippen molar-refractivity contribution in [1.82, 2.24) is 0 Å². The third kappa shape index (κ3) is 6.66. The highest BCUT2D eigenvalue weighted by Crippen LogP contribution is 2.43. The van der Waals surface area contributed by atoms with E-state index in [-0.39, 0.29) is 0 Å². The lowest BCUT2D eigenvalue weighted by atomic mass is 9.68. The van der Waals surface area contributed by atoms with Gasteiger partial charge in [0.2, 0.25) is 0 Å². The number of rotatable bonds is 8. The molecule has 0 bridgehead atoms. The van der Waals surface area contributed by atoms with Crippen LogP contribution in [0.15, 0.2) is 24.3 Å². The summed E-state index contributed by atoms with van der Waals surface area (Å²) >= 11 is 0. The number of unbranched alkanes of at least 4 members (excludes halogenated alkanes) is 1. The summed E-state index contributed by atoms with van der Waals surface area (Å²) in [4.78, 5) is 0. The van der Waals surface area contributed by atoms with Crippen molar-refractivity contribution in [2.45, 2.75) is 97.3 Å². The van der Waals surface area contributed by atoms with Crippen LogP contribution < -0.4 is 0 Å². The predicted octanol–water partition coefficient (Wildman–Crippen LogP) is 8.95. The van der Waals surface area contributed by atoms with E-state index in [1.165, 1.54) is 89.2 Å². The molecule has 0 N–H and O–H groups in total. The third-order valence-corrected chi connectivity index (χ3v) is 7.82. The quantitative estimate of drug-likeness (QED) is 0.407. The van der Waals surface area contributed by atoms with Crippen molar-refractivity contribution in [3.8, 4) is 0 Å². The summed E-state index contributed by atoms with van der Waals surface area (Å²) in [5.41, 5.74) is 1.85. The maximum Gasteiger partial charge on any atom is 0.159 e. The number of hydrogen-bond acceptors (Lipinski definition) is 0. The molecule has 162 valence electrons. The molecule has 2 fully saturated rings. The Bertz CT molecular complexity index is 647. The van der Waals surface area contributed by atoms with E-state index in [9.17, 15) is 8.78 Å². The van der Waals surface area contributed by atoms with Gasteiger partial charge in [-0.1, -0.05) is 64.0 Å². The largest absolute Gasteiger partial charge is 0.204 e. The first kappa shape index (κ1) is 22.5. The molecule has 29 heavy (non-hydrogen) atoms. The average molecular weight is 403 g/mol. The van der Waals surface area contributed by atoms with Gasteiger partial charge in [-0.3, -0.25) is 0 Å². The second kappa shape index (κ2) is 11.3. The molecule has 0 unspecified atom stereocenters. The van der Waals surface area contributed by atoms with Gasteiger partial charge in [-0.25, -0.2) is 8.78 Å². The van der Waals surface area contributed by atoms with Crippen LogP contribution in [0.5, 0.6) is 0 Å². The molecule has 0 amide bonds. The fourth-order valence-electron chi connectivity index (χ4n) is 5.78. The molecule has 0 atom stereocenters. The summed E-state index contributed by atoms with van der Waals surface area (Å²) in [6.07, 6.45) is 20.3. The Hall–Kier alpha value is -1.18. The fraction of sp³-hybridized carbons (Fsp3) is 0.704. The van der Waals surface area contributed by atoms with Crippen LogP contribution in [0.2, 0.25) is 0 Å². The summed E-state index contributed by atoms with van der Waals surface area (Å²) in [7, 11) is 0. The van der Waals surface area contributed by atoms with Crippen LogP contribution in [0.25, 0.3) is 5.57 Å². The molecule has 3 rings (SSSR count). The zero-order valence-corrected chi connectivity index (χ0v) is 18.6. The Kier molecular flexibility index (Phi) is 8.75. The maximum atomic E-state index is 13.4. The first-order valence-electron chi connectivity index (χ1n) is 12.2. The van der Waals surface area contributed by atoms with Gasteiger partial charge in [0.05, 0.1) is 0 Å². The molecule has 1 aromatic rings. The molecule has 0 aromatic heterocycles. The summed E-state index contributed by atoms with van der Waals surface area (Å²) in [6, 6.07) is 4.20. The molecule has 0 heterocycles. The van der Waals surface area contributed by atoms with Gasteiger partial charge in [0.15, 0.2) is 11.6 Å². The summed E-state index contributed by atoms with van der Waals surface area (Å²) in [6.45, 7) is 4.31. The first-order chi connectivity index (χ1) is 14.1. The molecule has 0 aliphatic heterocycles. The standard InChI is InChI=1S/C27H40F2/c1-3-4-7-21-9-13-23(14-10-21)24-15-11-22(12-16-24)8-5-6-20(2)25-17-18-26(28)27(29)19-25/h6,17-19,21-24H,3-5,7-16H2,1-2H3. The lowest BCUT2D eigenvalue weighted by Gasteiger charge is -2.38. The number of hydrogen-bond donors (Lipinski definition) is 0. The van der Waals surface area contributed by atoms with E-state index in [0.29, 0.717) is 0 Å². The Balaban J connectivity index is 1.36. The van der Waals surface area contributed by atoms with Crippen LogP contribution in [0, 0.1) is 35.3 Å². The van der Waals surface area contributed by atoms with Crippen LogP contribution in [-0.4, -0.2) is 0 Å². The fourth-order valence-corrected chi connectivity index (χ4v) is 5.78. The smallest absolute Gasteiger partial charge is 0.159 e. The van der Waals surface area contributed by atoms with Gasteiger partial charge >= 0.3 is 0 Å². The second-order valence-electron chi connectivity index (χ2n) is 9.80. The number of halogens is 2. The summed E-state index contributed by atoms with van der Waals surface area (Å²) in [5, 5.41) is 0. The van der Waals surface area contributed by atoms with Crippen LogP contribution in [-0.2, 0) is 0 Å². The molecule has 2 saturated carbocycles. The Morgan fingerprint density at radius 1 is 0.862 bits per heavy atom. The van der Waals surface area contributed by atoms with Gasteiger partial charge in [0, 0.05) is 0 Å². The zero-order valence-electron chi connectivity index (χ0n) is 18.6. The molecule has 0 saturated heterocycles. The molecular formula is C27H40F2. The van der Waals surface area contributed by atoms with E-state index in [2.05, 4.69) is 13.0 Å². The highest BCUT2D eigenvalue weighted by Gasteiger charge is 2.30. The van der Waals surface area contributed by atoms with E-state index in [0.717, 1.165) is 41.2 Å². The van der Waals surface area contributed by atoms with Crippen molar-refractivity contribution < 1.29 is 8.78 Å². The zero-order chi connectivity index (χ0) is 20.6. The Morgan fingerprint density at radius 2 is 1.45 bits per heavy atom. The first-order valence-corrected chi connectivity index (χ1v) is 12.2. The van der Waals surface area contributed by atoms with Gasteiger partial charge in [-0.05, 0) is 92.4 Å². The van der Waals surface area contributed by atoms with E-state index in [1.54, 1.807) is 6.07 Å². The number of allylic oxidation sites excluding steroid dienone is 2. The van der Waals surface area contributed by atoms with Crippen molar-refractivity contribution in [2.75, 3.05) is 0 Å². The molecule has 0 spiro atoms. The monoisotopic (exact) mass is 402 g/mol. The molecule has 2 aliphatic carbocycles.